The molecule has 0 saturated heterocycles. The van der Waals surface area contributed by atoms with E-state index in [1.54, 1.807) is 0 Å². The van der Waals surface area contributed by atoms with Crippen molar-refractivity contribution < 1.29 is 9.90 Å². The van der Waals surface area contributed by atoms with Crippen molar-refractivity contribution in [3.8, 4) is 0 Å². The lowest BCUT2D eigenvalue weighted by molar-refractivity contribution is 0.112. The molecule has 10 heavy (non-hydrogen) atoms. The number of thiophene rings is 1. The standard InChI is InChI=1S/C7H8O2S/c8-3-1-6-2-4-10-7(6)5-9/h2,4-5,8H,1,3H2. The fourth-order valence-electron chi connectivity index (χ4n) is 0.778. The fourth-order valence-corrected chi connectivity index (χ4v) is 1.53. The van der Waals surface area contributed by atoms with E-state index in [0.717, 1.165) is 16.7 Å². The van der Waals surface area contributed by atoms with Crippen molar-refractivity contribution in [2.75, 3.05) is 6.61 Å². The summed E-state index contributed by atoms with van der Waals surface area (Å²) in [6.07, 6.45) is 1.41. The molecule has 1 rings (SSSR count). The molecule has 0 unspecified atom stereocenters. The Labute approximate surface area is 63.1 Å². The van der Waals surface area contributed by atoms with Gasteiger partial charge in [0.05, 0.1) is 4.88 Å². The Balaban J connectivity index is 2.79. The van der Waals surface area contributed by atoms with Crippen LogP contribution in [0.1, 0.15) is 15.2 Å². The average Bonchev–Trinajstić information content (AvgIpc) is 2.36. The third-order valence-corrected chi connectivity index (χ3v) is 2.15. The van der Waals surface area contributed by atoms with Gasteiger partial charge in [-0.15, -0.1) is 11.3 Å². The lowest BCUT2D eigenvalue weighted by atomic mass is 10.2. The molecule has 1 aromatic heterocycles. The second-order valence-electron chi connectivity index (χ2n) is 1.90. The second-order valence-corrected chi connectivity index (χ2v) is 2.85. The highest BCUT2D eigenvalue weighted by Gasteiger charge is 2.00. The van der Waals surface area contributed by atoms with Crippen LogP contribution in [0.5, 0.6) is 0 Å². The maximum atomic E-state index is 10.3. The van der Waals surface area contributed by atoms with Crippen molar-refractivity contribution in [2.45, 2.75) is 6.42 Å². The summed E-state index contributed by atoms with van der Waals surface area (Å²) in [6, 6.07) is 1.87. The van der Waals surface area contributed by atoms with E-state index in [0.29, 0.717) is 6.42 Å². The first-order chi connectivity index (χ1) is 4.88. The van der Waals surface area contributed by atoms with Crippen LogP contribution in [0.4, 0.5) is 0 Å². The van der Waals surface area contributed by atoms with Gasteiger partial charge < -0.3 is 5.11 Å². The quantitative estimate of drug-likeness (QED) is 0.665. The molecular weight excluding hydrogens is 148 g/mol. The van der Waals surface area contributed by atoms with E-state index in [9.17, 15) is 4.79 Å². The van der Waals surface area contributed by atoms with Crippen molar-refractivity contribution in [3.05, 3.63) is 21.9 Å². The molecular formula is C7H8O2S. The number of carbonyl (C=O) groups excluding carboxylic acids is 1. The summed E-state index contributed by atoms with van der Waals surface area (Å²) in [5, 5.41) is 10.4. The molecule has 0 saturated carbocycles. The molecule has 0 aliphatic carbocycles. The summed E-state index contributed by atoms with van der Waals surface area (Å²) in [7, 11) is 0. The first kappa shape index (κ1) is 7.44. The highest BCUT2D eigenvalue weighted by molar-refractivity contribution is 7.11. The SMILES string of the molecule is O=Cc1sccc1CCO. The van der Waals surface area contributed by atoms with Crippen molar-refractivity contribution >= 4 is 17.6 Å². The third kappa shape index (κ3) is 1.43. The summed E-state index contributed by atoms with van der Waals surface area (Å²) in [6.45, 7) is 0.109. The van der Waals surface area contributed by atoms with E-state index in [1.165, 1.54) is 11.3 Å². The van der Waals surface area contributed by atoms with E-state index >= 15 is 0 Å². The van der Waals surface area contributed by atoms with Crippen LogP contribution in [0.3, 0.4) is 0 Å². The van der Waals surface area contributed by atoms with Gasteiger partial charge in [-0.1, -0.05) is 0 Å². The molecule has 2 nitrogen and oxygen atoms in total. The molecule has 1 heterocycles. The number of aliphatic hydroxyl groups is 1. The van der Waals surface area contributed by atoms with Gasteiger partial charge in [0.1, 0.15) is 0 Å². The molecule has 0 fully saturated rings. The van der Waals surface area contributed by atoms with Crippen LogP contribution in [-0.2, 0) is 6.42 Å². The molecule has 0 aliphatic heterocycles. The van der Waals surface area contributed by atoms with E-state index in [-0.39, 0.29) is 6.61 Å². The van der Waals surface area contributed by atoms with E-state index < -0.39 is 0 Å². The van der Waals surface area contributed by atoms with Gasteiger partial charge >= 0.3 is 0 Å². The number of aliphatic hydroxyl groups excluding tert-OH is 1. The first-order valence-electron chi connectivity index (χ1n) is 3.01. The van der Waals surface area contributed by atoms with Gasteiger partial charge in [0.2, 0.25) is 0 Å². The molecule has 0 aromatic carbocycles. The minimum atomic E-state index is 0.109. The average molecular weight is 156 g/mol. The summed E-state index contributed by atoms with van der Waals surface area (Å²) < 4.78 is 0. The molecule has 1 aromatic rings. The largest absolute Gasteiger partial charge is 0.396 e. The van der Waals surface area contributed by atoms with Crippen LogP contribution in [0.15, 0.2) is 11.4 Å². The Hall–Kier alpha value is -0.670. The van der Waals surface area contributed by atoms with Gasteiger partial charge in [0.25, 0.3) is 0 Å². The number of carbonyl (C=O) groups is 1. The Morgan fingerprint density at radius 3 is 3.10 bits per heavy atom. The Morgan fingerprint density at radius 1 is 1.70 bits per heavy atom. The molecule has 1 N–H and O–H groups in total. The second kappa shape index (κ2) is 3.49. The summed E-state index contributed by atoms with van der Waals surface area (Å²) in [5.74, 6) is 0. The van der Waals surface area contributed by atoms with Gasteiger partial charge in [-0.2, -0.15) is 0 Å². The zero-order chi connectivity index (χ0) is 7.40. The maximum absolute atomic E-state index is 10.3. The zero-order valence-corrected chi connectivity index (χ0v) is 6.23. The lowest BCUT2D eigenvalue weighted by Crippen LogP contribution is -1.90. The Kier molecular flexibility index (Phi) is 2.59. The molecule has 0 radical (unpaired) electrons. The van der Waals surface area contributed by atoms with Crippen LogP contribution < -0.4 is 0 Å². The van der Waals surface area contributed by atoms with Crippen LogP contribution >= 0.6 is 11.3 Å². The highest BCUT2D eigenvalue weighted by atomic mass is 32.1. The Morgan fingerprint density at radius 2 is 2.50 bits per heavy atom. The van der Waals surface area contributed by atoms with E-state index in [1.807, 2.05) is 11.4 Å². The first-order valence-corrected chi connectivity index (χ1v) is 3.89. The third-order valence-electron chi connectivity index (χ3n) is 1.27. The van der Waals surface area contributed by atoms with Gasteiger partial charge in [-0.3, -0.25) is 4.79 Å². The number of hydrogen-bond acceptors (Lipinski definition) is 3. The highest BCUT2D eigenvalue weighted by Crippen LogP contribution is 2.14. The molecule has 0 atom stereocenters. The van der Waals surface area contributed by atoms with Crippen LogP contribution in [0.25, 0.3) is 0 Å². The van der Waals surface area contributed by atoms with Crippen molar-refractivity contribution in [1.82, 2.24) is 0 Å². The van der Waals surface area contributed by atoms with Crippen molar-refractivity contribution in [2.24, 2.45) is 0 Å². The minimum Gasteiger partial charge on any atom is -0.396 e. The van der Waals surface area contributed by atoms with E-state index in [2.05, 4.69) is 0 Å². The molecule has 0 amide bonds. The predicted molar refractivity (Wildman–Crippen MR) is 40.5 cm³/mol. The number of hydrogen-bond donors (Lipinski definition) is 1. The minimum absolute atomic E-state index is 0.109. The zero-order valence-electron chi connectivity index (χ0n) is 5.41. The molecule has 54 valence electrons. The van der Waals surface area contributed by atoms with Gasteiger partial charge in [0.15, 0.2) is 6.29 Å². The molecule has 3 heteroatoms. The van der Waals surface area contributed by atoms with Gasteiger partial charge in [-0.05, 0) is 23.4 Å². The number of rotatable bonds is 3. The Bertz CT molecular complexity index is 217. The monoisotopic (exact) mass is 156 g/mol. The van der Waals surface area contributed by atoms with Crippen molar-refractivity contribution in [1.29, 1.82) is 0 Å². The van der Waals surface area contributed by atoms with E-state index in [4.69, 9.17) is 5.11 Å². The molecule has 0 spiro atoms. The summed E-state index contributed by atoms with van der Waals surface area (Å²) >= 11 is 1.41. The molecule has 0 aliphatic rings. The fraction of sp³-hybridized carbons (Fsp3) is 0.286. The molecule has 0 bridgehead atoms. The van der Waals surface area contributed by atoms with Crippen molar-refractivity contribution in [3.63, 3.8) is 0 Å². The topological polar surface area (TPSA) is 37.3 Å². The van der Waals surface area contributed by atoms with Crippen LogP contribution in [0, 0.1) is 0 Å². The van der Waals surface area contributed by atoms with Crippen LogP contribution in [0.2, 0.25) is 0 Å². The normalized spacial score (nSPS) is 9.70. The maximum Gasteiger partial charge on any atom is 0.160 e. The summed E-state index contributed by atoms with van der Waals surface area (Å²) in [4.78, 5) is 11.0. The van der Waals surface area contributed by atoms with Gasteiger partial charge in [-0.25, -0.2) is 0 Å². The smallest absolute Gasteiger partial charge is 0.160 e. The van der Waals surface area contributed by atoms with Crippen LogP contribution in [-0.4, -0.2) is 18.0 Å². The van der Waals surface area contributed by atoms with Gasteiger partial charge in [0, 0.05) is 6.61 Å². The predicted octanol–water partition coefficient (Wildman–Crippen LogP) is 1.10. The number of aldehydes is 1. The lowest BCUT2D eigenvalue weighted by Gasteiger charge is -1.91. The summed E-state index contributed by atoms with van der Waals surface area (Å²) in [5.41, 5.74) is 0.947.